The average Bonchev–Trinajstić information content (AvgIpc) is 3.51. The van der Waals surface area contributed by atoms with Gasteiger partial charge in [0.15, 0.2) is 5.96 Å². The molecule has 3 aromatic rings. The molecular weight excluding hydrogens is 535 g/mol. The largest absolute Gasteiger partial charge is 0.354 e. The molecule has 1 aliphatic heterocycles. The maximum absolute atomic E-state index is 4.94. The molecule has 1 aliphatic rings. The minimum atomic E-state index is 0. The number of pyridine rings is 1. The Morgan fingerprint density at radius 1 is 1.16 bits per heavy atom. The maximum atomic E-state index is 4.94. The van der Waals surface area contributed by atoms with Crippen LogP contribution in [0.2, 0.25) is 0 Å². The van der Waals surface area contributed by atoms with Crippen molar-refractivity contribution in [3.8, 4) is 0 Å². The molecular formula is C22H31IN8S. The zero-order chi connectivity index (χ0) is 21.3. The van der Waals surface area contributed by atoms with Crippen molar-refractivity contribution in [1.29, 1.82) is 0 Å². The number of aromatic nitrogens is 4. The number of hydrogen-bond acceptors (Lipinski definition) is 6. The van der Waals surface area contributed by atoms with Gasteiger partial charge < -0.3 is 19.7 Å². The highest BCUT2D eigenvalue weighted by Gasteiger charge is 2.20. The van der Waals surface area contributed by atoms with Crippen LogP contribution in [-0.4, -0.2) is 69.9 Å². The molecule has 0 bridgehead atoms. The van der Waals surface area contributed by atoms with E-state index in [1.165, 1.54) is 4.88 Å². The smallest absolute Gasteiger partial charge is 0.194 e. The molecule has 0 amide bonds. The van der Waals surface area contributed by atoms with Gasteiger partial charge >= 0.3 is 0 Å². The standard InChI is InChI=1S/C22H30N8S.HI/c1-2-20-27-26-18-30(20)12-11-25-22(24-10-8-19-6-5-17-31-19)29-15-13-28(14-16-29)21-7-3-4-9-23-21;/h3-7,9,17-18H,2,8,10-16H2,1H3,(H,24,25);1H. The van der Waals surface area contributed by atoms with Gasteiger partial charge in [0, 0.05) is 69.7 Å². The van der Waals surface area contributed by atoms with Gasteiger partial charge in [-0.2, -0.15) is 0 Å². The fraction of sp³-hybridized carbons (Fsp3) is 0.455. The van der Waals surface area contributed by atoms with Crippen LogP contribution in [0.5, 0.6) is 0 Å². The second-order valence-corrected chi connectivity index (χ2v) is 8.45. The monoisotopic (exact) mass is 566 g/mol. The summed E-state index contributed by atoms with van der Waals surface area (Å²) < 4.78 is 2.11. The highest BCUT2D eigenvalue weighted by molar-refractivity contribution is 14.0. The van der Waals surface area contributed by atoms with E-state index < -0.39 is 0 Å². The molecule has 0 spiro atoms. The third kappa shape index (κ3) is 6.64. The Balaban J connectivity index is 0.00000289. The third-order valence-electron chi connectivity index (χ3n) is 5.40. The van der Waals surface area contributed by atoms with Gasteiger partial charge in [-0.05, 0) is 23.6 Å². The number of hydrogen-bond donors (Lipinski definition) is 1. The van der Waals surface area contributed by atoms with Crippen LogP contribution in [0.25, 0.3) is 0 Å². The molecule has 0 aliphatic carbocycles. The molecule has 0 radical (unpaired) electrons. The number of anilines is 1. The van der Waals surface area contributed by atoms with Gasteiger partial charge in [-0.3, -0.25) is 4.99 Å². The molecule has 0 unspecified atom stereocenters. The summed E-state index contributed by atoms with van der Waals surface area (Å²) >= 11 is 1.79. The van der Waals surface area contributed by atoms with E-state index in [1.807, 2.05) is 18.3 Å². The minimum Gasteiger partial charge on any atom is -0.354 e. The summed E-state index contributed by atoms with van der Waals surface area (Å²) in [6.07, 6.45) is 5.52. The quantitative estimate of drug-likeness (QED) is 0.257. The lowest BCUT2D eigenvalue weighted by Gasteiger charge is -2.37. The molecule has 4 heterocycles. The fourth-order valence-electron chi connectivity index (χ4n) is 3.71. The molecule has 10 heteroatoms. The molecule has 0 aromatic carbocycles. The van der Waals surface area contributed by atoms with Gasteiger partial charge in [0.1, 0.15) is 18.0 Å². The normalized spacial score (nSPS) is 14.3. The van der Waals surface area contributed by atoms with Crippen LogP contribution in [0.15, 0.2) is 53.2 Å². The Labute approximate surface area is 210 Å². The minimum absolute atomic E-state index is 0. The average molecular weight is 567 g/mol. The van der Waals surface area contributed by atoms with Gasteiger partial charge in [0.2, 0.25) is 0 Å². The molecule has 1 N–H and O–H groups in total. The molecule has 1 saturated heterocycles. The van der Waals surface area contributed by atoms with Crippen molar-refractivity contribution in [1.82, 2.24) is 30.0 Å². The number of rotatable bonds is 8. The summed E-state index contributed by atoms with van der Waals surface area (Å²) in [5.41, 5.74) is 0. The molecule has 4 rings (SSSR count). The van der Waals surface area contributed by atoms with Crippen LogP contribution < -0.4 is 10.2 Å². The van der Waals surface area contributed by atoms with Gasteiger partial charge in [-0.25, -0.2) is 4.98 Å². The second-order valence-electron chi connectivity index (χ2n) is 7.42. The van der Waals surface area contributed by atoms with Crippen molar-refractivity contribution < 1.29 is 0 Å². The molecule has 1 fully saturated rings. The van der Waals surface area contributed by atoms with Crippen molar-refractivity contribution >= 4 is 47.1 Å². The number of nitrogens with one attached hydrogen (secondary N) is 1. The highest BCUT2D eigenvalue weighted by atomic mass is 127. The summed E-state index contributed by atoms with van der Waals surface area (Å²) in [6.45, 7) is 8.24. The van der Waals surface area contributed by atoms with E-state index in [-0.39, 0.29) is 24.0 Å². The van der Waals surface area contributed by atoms with E-state index in [4.69, 9.17) is 4.99 Å². The van der Waals surface area contributed by atoms with Crippen LogP contribution in [0.4, 0.5) is 5.82 Å². The first-order chi connectivity index (χ1) is 15.3. The SMILES string of the molecule is CCc1nncn1CCNC(=NCCc1cccs1)N1CCN(c2ccccn2)CC1.I. The van der Waals surface area contributed by atoms with E-state index >= 15 is 0 Å². The molecule has 0 saturated carbocycles. The number of aryl methyl sites for hydroxylation is 1. The molecule has 8 nitrogen and oxygen atoms in total. The van der Waals surface area contributed by atoms with Crippen LogP contribution >= 0.6 is 35.3 Å². The lowest BCUT2D eigenvalue weighted by Crippen LogP contribution is -2.53. The number of halogens is 1. The van der Waals surface area contributed by atoms with Crippen molar-refractivity contribution in [2.24, 2.45) is 4.99 Å². The fourth-order valence-corrected chi connectivity index (χ4v) is 4.41. The zero-order valence-corrected chi connectivity index (χ0v) is 21.6. The Kier molecular flexibility index (Phi) is 9.72. The first-order valence-corrected chi connectivity index (χ1v) is 11.8. The first-order valence-electron chi connectivity index (χ1n) is 10.9. The Morgan fingerprint density at radius 3 is 2.75 bits per heavy atom. The van der Waals surface area contributed by atoms with E-state index in [1.54, 1.807) is 17.7 Å². The number of guanidine groups is 1. The Hall–Kier alpha value is -2.21. The van der Waals surface area contributed by atoms with Crippen molar-refractivity contribution in [3.05, 3.63) is 58.9 Å². The highest BCUT2D eigenvalue weighted by Crippen LogP contribution is 2.13. The number of nitrogens with zero attached hydrogens (tertiary/aromatic N) is 7. The van der Waals surface area contributed by atoms with Crippen LogP contribution in [0, 0.1) is 0 Å². The van der Waals surface area contributed by atoms with Crippen LogP contribution in [0.3, 0.4) is 0 Å². The van der Waals surface area contributed by atoms with Gasteiger partial charge in [0.05, 0.1) is 0 Å². The number of thiophene rings is 1. The summed E-state index contributed by atoms with van der Waals surface area (Å²) in [5.74, 6) is 3.05. The van der Waals surface area contributed by atoms with E-state index in [9.17, 15) is 0 Å². The lowest BCUT2D eigenvalue weighted by atomic mass is 10.3. The van der Waals surface area contributed by atoms with Crippen molar-refractivity contribution in [2.45, 2.75) is 26.3 Å². The molecule has 32 heavy (non-hydrogen) atoms. The Bertz CT molecular complexity index is 936. The predicted molar refractivity (Wildman–Crippen MR) is 141 cm³/mol. The van der Waals surface area contributed by atoms with Crippen LogP contribution in [-0.2, 0) is 19.4 Å². The van der Waals surface area contributed by atoms with Gasteiger partial charge in [-0.1, -0.05) is 19.1 Å². The predicted octanol–water partition coefficient (Wildman–Crippen LogP) is 2.93. The number of aliphatic imine (C=N–C) groups is 1. The first kappa shape index (κ1) is 24.4. The molecule has 3 aromatic heterocycles. The maximum Gasteiger partial charge on any atom is 0.194 e. The van der Waals surface area contributed by atoms with Crippen molar-refractivity contribution in [3.63, 3.8) is 0 Å². The second kappa shape index (κ2) is 12.7. The summed E-state index contributed by atoms with van der Waals surface area (Å²) in [6, 6.07) is 10.4. The van der Waals surface area contributed by atoms with E-state index in [0.29, 0.717) is 0 Å². The van der Waals surface area contributed by atoms with E-state index in [0.717, 1.165) is 76.3 Å². The molecule has 0 atom stereocenters. The van der Waals surface area contributed by atoms with Gasteiger partial charge in [0.25, 0.3) is 0 Å². The Morgan fingerprint density at radius 2 is 2.03 bits per heavy atom. The van der Waals surface area contributed by atoms with Gasteiger partial charge in [-0.15, -0.1) is 45.5 Å². The lowest BCUT2D eigenvalue weighted by molar-refractivity contribution is 0.369. The summed E-state index contributed by atoms with van der Waals surface area (Å²) in [7, 11) is 0. The van der Waals surface area contributed by atoms with Crippen molar-refractivity contribution in [2.75, 3.05) is 44.2 Å². The topological polar surface area (TPSA) is 74.5 Å². The molecule has 172 valence electrons. The summed E-state index contributed by atoms with van der Waals surface area (Å²) in [5, 5.41) is 13.9. The van der Waals surface area contributed by atoms with E-state index in [2.05, 4.69) is 65.4 Å². The zero-order valence-electron chi connectivity index (χ0n) is 18.4. The van der Waals surface area contributed by atoms with Crippen LogP contribution in [0.1, 0.15) is 17.6 Å². The third-order valence-corrected chi connectivity index (χ3v) is 6.34. The summed E-state index contributed by atoms with van der Waals surface area (Å²) in [4.78, 5) is 15.5. The number of piperazine rings is 1.